The van der Waals surface area contributed by atoms with Crippen molar-refractivity contribution in [3.05, 3.63) is 36.9 Å². The summed E-state index contributed by atoms with van der Waals surface area (Å²) in [5.41, 5.74) is 3.40. The minimum atomic E-state index is -0.176. The van der Waals surface area contributed by atoms with Gasteiger partial charge >= 0.3 is 0 Å². The molecule has 0 aliphatic heterocycles. The number of nitrogens with zero attached hydrogens (tertiary/aromatic N) is 4. The highest BCUT2D eigenvalue weighted by atomic mass is 16.5. The van der Waals surface area contributed by atoms with Crippen LogP contribution in [-0.2, 0) is 4.79 Å². The molecular formula is C22H25N7O2. The SMILES string of the molecule is CCC(=O)N[C@]1(C)C[C@@H](Nc2nc(OC)c3c(-c4ccc5nccn5c4)c[nH]c3n2)C1. The van der Waals surface area contributed by atoms with Crippen molar-refractivity contribution >= 4 is 28.5 Å². The lowest BCUT2D eigenvalue weighted by molar-refractivity contribution is -0.123. The van der Waals surface area contributed by atoms with Crippen molar-refractivity contribution < 1.29 is 9.53 Å². The molecule has 0 atom stereocenters. The van der Waals surface area contributed by atoms with Gasteiger partial charge in [-0.05, 0) is 31.9 Å². The number of carbonyl (C=O) groups excluding carboxylic acids is 1. The number of ether oxygens (including phenoxy) is 1. The smallest absolute Gasteiger partial charge is 0.228 e. The van der Waals surface area contributed by atoms with Crippen molar-refractivity contribution in [3.8, 4) is 17.0 Å². The van der Waals surface area contributed by atoms with Gasteiger partial charge in [-0.3, -0.25) is 4.79 Å². The number of carbonyl (C=O) groups is 1. The lowest BCUT2D eigenvalue weighted by atomic mass is 9.74. The molecule has 3 N–H and O–H groups in total. The molecule has 4 heterocycles. The lowest BCUT2D eigenvalue weighted by Crippen LogP contribution is -2.59. The number of aromatic amines is 1. The monoisotopic (exact) mass is 419 g/mol. The number of hydrogen-bond donors (Lipinski definition) is 3. The van der Waals surface area contributed by atoms with E-state index in [9.17, 15) is 4.79 Å². The number of aromatic nitrogens is 5. The number of imidazole rings is 1. The Hall–Kier alpha value is -3.62. The Balaban J connectivity index is 1.41. The molecule has 0 aromatic carbocycles. The third-order valence-corrected chi connectivity index (χ3v) is 5.88. The van der Waals surface area contributed by atoms with Crippen LogP contribution >= 0.6 is 0 Å². The van der Waals surface area contributed by atoms with Gasteiger partial charge in [-0.15, -0.1) is 0 Å². The van der Waals surface area contributed by atoms with Crippen molar-refractivity contribution in [2.75, 3.05) is 12.4 Å². The zero-order valence-corrected chi connectivity index (χ0v) is 17.8. The third kappa shape index (κ3) is 3.45. The van der Waals surface area contributed by atoms with Gasteiger partial charge in [0.2, 0.25) is 17.7 Å². The predicted octanol–water partition coefficient (Wildman–Crippen LogP) is 3.14. The highest BCUT2D eigenvalue weighted by Gasteiger charge is 2.41. The maximum Gasteiger partial charge on any atom is 0.228 e. The second kappa shape index (κ2) is 7.26. The van der Waals surface area contributed by atoms with Gasteiger partial charge < -0.3 is 24.8 Å². The Morgan fingerprint density at radius 3 is 2.97 bits per heavy atom. The first-order valence-corrected chi connectivity index (χ1v) is 10.4. The van der Waals surface area contributed by atoms with Crippen LogP contribution in [0.25, 0.3) is 27.8 Å². The first-order chi connectivity index (χ1) is 15.0. The second-order valence-corrected chi connectivity index (χ2v) is 8.30. The number of nitrogens with one attached hydrogen (secondary N) is 3. The van der Waals surface area contributed by atoms with Crippen molar-refractivity contribution in [2.45, 2.75) is 44.7 Å². The van der Waals surface area contributed by atoms with E-state index in [-0.39, 0.29) is 17.5 Å². The van der Waals surface area contributed by atoms with Gasteiger partial charge in [0, 0.05) is 53.9 Å². The van der Waals surface area contributed by atoms with Crippen molar-refractivity contribution in [3.63, 3.8) is 0 Å². The zero-order valence-electron chi connectivity index (χ0n) is 17.8. The molecule has 1 aliphatic carbocycles. The number of amides is 1. The molecule has 1 saturated carbocycles. The van der Waals surface area contributed by atoms with Crippen molar-refractivity contribution in [1.82, 2.24) is 29.7 Å². The molecule has 0 bridgehead atoms. The molecule has 9 heteroatoms. The van der Waals surface area contributed by atoms with E-state index in [0.29, 0.717) is 23.9 Å². The number of pyridine rings is 1. The predicted molar refractivity (Wildman–Crippen MR) is 118 cm³/mol. The summed E-state index contributed by atoms with van der Waals surface area (Å²) in [5.74, 6) is 1.10. The van der Waals surface area contributed by atoms with E-state index in [2.05, 4.69) is 37.5 Å². The van der Waals surface area contributed by atoms with Gasteiger partial charge in [0.25, 0.3) is 0 Å². The van der Waals surface area contributed by atoms with Crippen LogP contribution in [-0.4, -0.2) is 48.9 Å². The van der Waals surface area contributed by atoms with Crippen molar-refractivity contribution in [2.24, 2.45) is 0 Å². The lowest BCUT2D eigenvalue weighted by Gasteiger charge is -2.45. The van der Waals surface area contributed by atoms with Gasteiger partial charge in [-0.1, -0.05) is 6.92 Å². The Bertz CT molecular complexity index is 1270. The van der Waals surface area contributed by atoms with Gasteiger partial charge in [0.1, 0.15) is 11.3 Å². The molecule has 160 valence electrons. The molecule has 0 radical (unpaired) electrons. The van der Waals surface area contributed by atoms with Crippen LogP contribution in [0.1, 0.15) is 33.1 Å². The van der Waals surface area contributed by atoms with Crippen LogP contribution in [0.4, 0.5) is 5.95 Å². The average molecular weight is 419 g/mol. The summed E-state index contributed by atoms with van der Waals surface area (Å²) in [6, 6.07) is 4.20. The van der Waals surface area contributed by atoms with Gasteiger partial charge in [0.15, 0.2) is 0 Å². The summed E-state index contributed by atoms with van der Waals surface area (Å²) < 4.78 is 7.59. The second-order valence-electron chi connectivity index (χ2n) is 8.30. The largest absolute Gasteiger partial charge is 0.480 e. The zero-order chi connectivity index (χ0) is 21.6. The van der Waals surface area contributed by atoms with Gasteiger partial charge in [-0.2, -0.15) is 9.97 Å². The van der Waals surface area contributed by atoms with E-state index >= 15 is 0 Å². The van der Waals surface area contributed by atoms with Crippen LogP contribution in [0.15, 0.2) is 36.9 Å². The maximum atomic E-state index is 11.7. The van der Waals surface area contributed by atoms with E-state index in [1.54, 1.807) is 13.3 Å². The Kier molecular flexibility index (Phi) is 4.53. The Labute approximate surface area is 179 Å². The number of anilines is 1. The number of hydrogen-bond acceptors (Lipinski definition) is 6. The quantitative estimate of drug-likeness (QED) is 0.443. The third-order valence-electron chi connectivity index (χ3n) is 5.88. The first-order valence-electron chi connectivity index (χ1n) is 10.4. The van der Waals surface area contributed by atoms with Crippen molar-refractivity contribution in [1.29, 1.82) is 0 Å². The normalized spacial score (nSPS) is 20.5. The summed E-state index contributed by atoms with van der Waals surface area (Å²) in [6.45, 7) is 3.93. The average Bonchev–Trinajstić information content (AvgIpc) is 3.38. The molecule has 5 rings (SSSR count). The van der Waals surface area contributed by atoms with E-state index in [4.69, 9.17) is 4.74 Å². The number of rotatable bonds is 6. The van der Waals surface area contributed by atoms with E-state index in [1.807, 2.05) is 42.0 Å². The topological polar surface area (TPSA) is 109 Å². The molecule has 1 aliphatic rings. The van der Waals surface area contributed by atoms with Crippen LogP contribution in [0.2, 0.25) is 0 Å². The summed E-state index contributed by atoms with van der Waals surface area (Å²) in [5, 5.41) is 7.30. The highest BCUT2D eigenvalue weighted by molar-refractivity contribution is 5.97. The van der Waals surface area contributed by atoms with Crippen LogP contribution in [0.5, 0.6) is 5.88 Å². The van der Waals surface area contributed by atoms with E-state index in [1.165, 1.54) is 0 Å². The van der Waals surface area contributed by atoms with Crippen LogP contribution in [0.3, 0.4) is 0 Å². The summed E-state index contributed by atoms with van der Waals surface area (Å²) in [4.78, 5) is 28.5. The fourth-order valence-electron chi connectivity index (χ4n) is 4.36. The van der Waals surface area contributed by atoms with E-state index in [0.717, 1.165) is 35.0 Å². The standard InChI is InChI=1S/C22H25N7O2/c1-4-17(30)28-22(2)9-14(10-22)25-21-26-19-18(20(27-21)31-3)15(11-24-19)13-5-6-16-23-7-8-29(16)12-13/h5-8,11-12,14H,4,9-10H2,1-3H3,(H,28,30)(H2,24,25,26,27)/t14-,22-. The fraction of sp³-hybridized carbons (Fsp3) is 0.364. The van der Waals surface area contributed by atoms with Gasteiger partial charge in [0.05, 0.1) is 12.5 Å². The number of fused-ring (bicyclic) bond motifs is 2. The molecule has 0 unspecified atom stereocenters. The maximum absolute atomic E-state index is 11.7. The molecule has 4 aromatic rings. The molecule has 9 nitrogen and oxygen atoms in total. The number of H-pyrrole nitrogens is 1. The first kappa shape index (κ1) is 19.3. The minimum absolute atomic E-state index is 0.0769. The molecule has 1 fully saturated rings. The molecule has 4 aromatic heterocycles. The van der Waals surface area contributed by atoms with Crippen LogP contribution < -0.4 is 15.4 Å². The Morgan fingerprint density at radius 1 is 1.35 bits per heavy atom. The van der Waals surface area contributed by atoms with Crippen LogP contribution in [0, 0.1) is 0 Å². The summed E-state index contributed by atoms with van der Waals surface area (Å²) in [7, 11) is 1.61. The fourth-order valence-corrected chi connectivity index (χ4v) is 4.36. The number of methoxy groups -OCH3 is 1. The van der Waals surface area contributed by atoms with Gasteiger partial charge in [-0.25, -0.2) is 4.98 Å². The summed E-state index contributed by atoms with van der Waals surface area (Å²) >= 11 is 0. The Morgan fingerprint density at radius 2 is 2.19 bits per heavy atom. The minimum Gasteiger partial charge on any atom is -0.480 e. The molecule has 0 spiro atoms. The molecular weight excluding hydrogens is 394 g/mol. The summed E-state index contributed by atoms with van der Waals surface area (Å²) in [6.07, 6.45) is 9.77. The molecule has 0 saturated heterocycles. The van der Waals surface area contributed by atoms with E-state index < -0.39 is 0 Å². The molecule has 1 amide bonds. The molecule has 31 heavy (non-hydrogen) atoms. The highest BCUT2D eigenvalue weighted by Crippen LogP contribution is 2.37.